The molecule has 11 heavy (non-hydrogen) atoms. The predicted molar refractivity (Wildman–Crippen MR) is 43.2 cm³/mol. The van der Waals surface area contributed by atoms with Gasteiger partial charge < -0.3 is 5.73 Å². The Balaban J connectivity index is 4.44. The van der Waals surface area contributed by atoms with Crippen molar-refractivity contribution < 1.29 is 4.92 Å². The molecule has 60 valence electrons. The van der Waals surface area contributed by atoms with Crippen molar-refractivity contribution in [2.24, 2.45) is 5.73 Å². The Morgan fingerprint density at radius 2 is 2.09 bits per heavy atom. The van der Waals surface area contributed by atoms with E-state index in [4.69, 9.17) is 5.73 Å². The topological polar surface area (TPSA) is 69.2 Å². The summed E-state index contributed by atoms with van der Waals surface area (Å²) in [7, 11) is 0. The molecule has 0 aromatic heterocycles. The van der Waals surface area contributed by atoms with E-state index >= 15 is 0 Å². The molecule has 0 bridgehead atoms. The lowest BCUT2D eigenvalue weighted by atomic mass is 10.2. The standard InChI is InChI=1S/C7H10N2O2/c1-5(7(3)8)4-6(2)9(10)11/h4H,2-3,8H2,1H3/b5-4-. The van der Waals surface area contributed by atoms with E-state index in [9.17, 15) is 10.1 Å². The Hall–Kier alpha value is -1.58. The van der Waals surface area contributed by atoms with Gasteiger partial charge in [-0.05, 0) is 19.1 Å². The molecule has 4 heteroatoms. The highest BCUT2D eigenvalue weighted by molar-refractivity contribution is 5.28. The molecule has 0 spiro atoms. The Labute approximate surface area is 64.9 Å². The second-order valence-corrected chi connectivity index (χ2v) is 2.10. The monoisotopic (exact) mass is 154 g/mol. The maximum absolute atomic E-state index is 10.0. The molecule has 0 aromatic rings. The van der Waals surface area contributed by atoms with Gasteiger partial charge in [0.25, 0.3) is 5.70 Å². The molecule has 0 fully saturated rings. The molecule has 0 saturated carbocycles. The number of hydrogen-bond donors (Lipinski definition) is 1. The molecular weight excluding hydrogens is 144 g/mol. The lowest BCUT2D eigenvalue weighted by Gasteiger charge is -1.95. The van der Waals surface area contributed by atoms with Crippen molar-refractivity contribution in [3.05, 3.63) is 46.3 Å². The van der Waals surface area contributed by atoms with Gasteiger partial charge in [-0.15, -0.1) is 0 Å². The van der Waals surface area contributed by atoms with Gasteiger partial charge in [0.1, 0.15) is 0 Å². The summed E-state index contributed by atoms with van der Waals surface area (Å²) in [6.07, 6.45) is 1.28. The number of hydrogen-bond acceptors (Lipinski definition) is 3. The van der Waals surface area contributed by atoms with Crippen LogP contribution in [0.25, 0.3) is 0 Å². The zero-order chi connectivity index (χ0) is 9.02. The molecule has 0 aliphatic carbocycles. The molecule has 0 radical (unpaired) electrons. The van der Waals surface area contributed by atoms with E-state index in [0.29, 0.717) is 11.3 Å². The van der Waals surface area contributed by atoms with Crippen LogP contribution in [-0.4, -0.2) is 4.92 Å². The Kier molecular flexibility index (Phi) is 3.04. The highest BCUT2D eigenvalue weighted by Crippen LogP contribution is 2.04. The number of allylic oxidation sites excluding steroid dienone is 2. The van der Waals surface area contributed by atoms with E-state index in [1.165, 1.54) is 6.08 Å². The van der Waals surface area contributed by atoms with Gasteiger partial charge in [0.2, 0.25) is 0 Å². The molecular formula is C7H10N2O2. The minimum atomic E-state index is -0.577. The molecule has 0 aliphatic heterocycles. The SMILES string of the molecule is C=C(N)/C(C)=C\C(=C)[N+](=O)[O-]. The van der Waals surface area contributed by atoms with Crippen LogP contribution in [0.1, 0.15) is 6.92 Å². The average molecular weight is 154 g/mol. The fraction of sp³-hybridized carbons (Fsp3) is 0.143. The van der Waals surface area contributed by atoms with Crippen LogP contribution in [-0.2, 0) is 0 Å². The van der Waals surface area contributed by atoms with Crippen LogP contribution in [0.3, 0.4) is 0 Å². The van der Waals surface area contributed by atoms with Crippen molar-refractivity contribution >= 4 is 0 Å². The average Bonchev–Trinajstić information content (AvgIpc) is 1.87. The van der Waals surface area contributed by atoms with Gasteiger partial charge >= 0.3 is 0 Å². The normalized spacial score (nSPS) is 10.8. The van der Waals surface area contributed by atoms with E-state index < -0.39 is 4.92 Å². The molecule has 0 unspecified atom stereocenters. The van der Waals surface area contributed by atoms with Gasteiger partial charge in [0.05, 0.1) is 4.92 Å². The van der Waals surface area contributed by atoms with E-state index in [1.54, 1.807) is 6.92 Å². The summed E-state index contributed by atoms with van der Waals surface area (Å²) in [5, 5.41) is 10.0. The van der Waals surface area contributed by atoms with Crippen molar-refractivity contribution in [1.29, 1.82) is 0 Å². The van der Waals surface area contributed by atoms with E-state index in [0.717, 1.165) is 0 Å². The summed E-state index contributed by atoms with van der Waals surface area (Å²) in [6, 6.07) is 0. The van der Waals surface area contributed by atoms with Crippen molar-refractivity contribution in [2.75, 3.05) is 0 Å². The maximum Gasteiger partial charge on any atom is 0.262 e. The van der Waals surface area contributed by atoms with E-state index in [-0.39, 0.29) is 5.70 Å². The van der Waals surface area contributed by atoms with Gasteiger partial charge in [-0.2, -0.15) is 0 Å². The second-order valence-electron chi connectivity index (χ2n) is 2.10. The number of nitrogens with two attached hydrogens (primary N) is 1. The maximum atomic E-state index is 10.0. The minimum absolute atomic E-state index is 0.186. The van der Waals surface area contributed by atoms with Crippen LogP contribution in [0.4, 0.5) is 0 Å². The summed E-state index contributed by atoms with van der Waals surface area (Å²) in [5.74, 6) is 0. The summed E-state index contributed by atoms with van der Waals surface area (Å²) < 4.78 is 0. The second kappa shape index (κ2) is 3.55. The first-order valence-corrected chi connectivity index (χ1v) is 2.91. The van der Waals surface area contributed by atoms with E-state index in [1.807, 2.05) is 0 Å². The van der Waals surface area contributed by atoms with Crippen molar-refractivity contribution in [3.63, 3.8) is 0 Å². The van der Waals surface area contributed by atoms with Crippen LogP contribution >= 0.6 is 0 Å². The molecule has 0 amide bonds. The molecule has 0 saturated heterocycles. The fourth-order valence-corrected chi connectivity index (χ4v) is 0.395. The highest BCUT2D eigenvalue weighted by atomic mass is 16.6. The van der Waals surface area contributed by atoms with Crippen molar-refractivity contribution in [3.8, 4) is 0 Å². The van der Waals surface area contributed by atoms with Crippen molar-refractivity contribution in [2.45, 2.75) is 6.92 Å². The largest absolute Gasteiger partial charge is 0.399 e. The summed E-state index contributed by atoms with van der Waals surface area (Å²) in [5.41, 5.74) is 5.95. The number of nitro groups is 1. The van der Waals surface area contributed by atoms with Gasteiger partial charge in [0, 0.05) is 11.8 Å². The third-order valence-electron chi connectivity index (χ3n) is 1.12. The zero-order valence-corrected chi connectivity index (χ0v) is 6.33. The summed E-state index contributed by atoms with van der Waals surface area (Å²) in [6.45, 7) is 8.25. The quantitative estimate of drug-likeness (QED) is 0.377. The molecule has 0 aliphatic rings. The Morgan fingerprint density at radius 3 is 2.36 bits per heavy atom. The molecule has 0 heterocycles. The lowest BCUT2D eigenvalue weighted by Crippen LogP contribution is -1.99. The van der Waals surface area contributed by atoms with Crippen LogP contribution in [0.2, 0.25) is 0 Å². The molecule has 4 nitrogen and oxygen atoms in total. The minimum Gasteiger partial charge on any atom is -0.399 e. The van der Waals surface area contributed by atoms with Gasteiger partial charge in [0.15, 0.2) is 0 Å². The van der Waals surface area contributed by atoms with Gasteiger partial charge in [-0.3, -0.25) is 10.1 Å². The number of rotatable bonds is 3. The first-order valence-electron chi connectivity index (χ1n) is 2.91. The molecule has 2 N–H and O–H groups in total. The first kappa shape index (κ1) is 9.42. The molecule has 0 aromatic carbocycles. The lowest BCUT2D eigenvalue weighted by molar-refractivity contribution is -0.418. The van der Waals surface area contributed by atoms with Crippen LogP contribution < -0.4 is 5.73 Å². The van der Waals surface area contributed by atoms with Crippen LogP contribution in [0.5, 0.6) is 0 Å². The third-order valence-corrected chi connectivity index (χ3v) is 1.12. The fourth-order valence-electron chi connectivity index (χ4n) is 0.395. The zero-order valence-electron chi connectivity index (χ0n) is 6.33. The van der Waals surface area contributed by atoms with Crippen LogP contribution in [0.15, 0.2) is 36.2 Å². The predicted octanol–water partition coefficient (Wildman–Crippen LogP) is 1.20. The molecule has 0 rings (SSSR count). The third kappa shape index (κ3) is 3.20. The Bertz CT molecular complexity index is 241. The number of nitrogens with zero attached hydrogens (tertiary/aromatic N) is 1. The van der Waals surface area contributed by atoms with Gasteiger partial charge in [-0.1, -0.05) is 6.58 Å². The van der Waals surface area contributed by atoms with Crippen molar-refractivity contribution in [1.82, 2.24) is 0 Å². The smallest absolute Gasteiger partial charge is 0.262 e. The Morgan fingerprint density at radius 1 is 1.64 bits per heavy atom. The van der Waals surface area contributed by atoms with E-state index in [2.05, 4.69) is 13.2 Å². The first-order chi connectivity index (χ1) is 4.95. The van der Waals surface area contributed by atoms with Gasteiger partial charge in [-0.25, -0.2) is 0 Å². The molecule has 0 atom stereocenters. The summed E-state index contributed by atoms with van der Waals surface area (Å²) >= 11 is 0. The van der Waals surface area contributed by atoms with Crippen LogP contribution in [0, 0.1) is 10.1 Å². The highest BCUT2D eigenvalue weighted by Gasteiger charge is 2.02. The summed E-state index contributed by atoms with van der Waals surface area (Å²) in [4.78, 5) is 9.47.